The number of aliphatic imine (C=N–C) groups is 2. The van der Waals surface area contributed by atoms with Gasteiger partial charge in [0.25, 0.3) is 0 Å². The Morgan fingerprint density at radius 2 is 1.58 bits per heavy atom. The Labute approximate surface area is 199 Å². The van der Waals surface area contributed by atoms with Crippen LogP contribution in [0.2, 0.25) is 0 Å². The number of benzene rings is 2. The molecular weight excluding hydrogens is 412 g/mol. The molecule has 0 aromatic heterocycles. The van der Waals surface area contributed by atoms with Gasteiger partial charge in [0.05, 0.1) is 13.1 Å². The molecular formula is C27H40N4O2. The fraction of sp³-hybridized carbons (Fsp3) is 0.481. The second-order valence-corrected chi connectivity index (χ2v) is 8.64. The molecule has 0 aliphatic carbocycles. The number of aromatic hydroxyl groups is 2. The van der Waals surface area contributed by atoms with Gasteiger partial charge in [0.2, 0.25) is 0 Å². The van der Waals surface area contributed by atoms with E-state index in [1.807, 2.05) is 24.3 Å². The second kappa shape index (κ2) is 14.4. The van der Waals surface area contributed by atoms with E-state index in [2.05, 4.69) is 47.9 Å². The molecule has 0 radical (unpaired) electrons. The quantitative estimate of drug-likeness (QED) is 0.292. The van der Waals surface area contributed by atoms with E-state index >= 15 is 0 Å². The Hall–Kier alpha value is -2.70. The van der Waals surface area contributed by atoms with Gasteiger partial charge in [-0.25, -0.2) is 0 Å². The number of nitrogens with one attached hydrogen (secondary N) is 1. The molecule has 2 aromatic carbocycles. The molecule has 0 heterocycles. The average molecular weight is 453 g/mol. The molecule has 6 nitrogen and oxygen atoms in total. The number of hydrogen-bond donors (Lipinski definition) is 3. The lowest BCUT2D eigenvalue weighted by Crippen LogP contribution is -2.39. The molecule has 2 aromatic rings. The first kappa shape index (κ1) is 26.6. The van der Waals surface area contributed by atoms with Crippen molar-refractivity contribution in [3.63, 3.8) is 0 Å². The van der Waals surface area contributed by atoms with Gasteiger partial charge in [-0.05, 0) is 56.0 Å². The number of phenolic OH excluding ortho intramolecular Hbond substituents is 2. The topological polar surface area (TPSA) is 80.5 Å². The van der Waals surface area contributed by atoms with Crippen LogP contribution in [0.5, 0.6) is 11.5 Å². The summed E-state index contributed by atoms with van der Waals surface area (Å²) < 4.78 is 0. The molecule has 0 amide bonds. The van der Waals surface area contributed by atoms with Crippen LogP contribution < -0.4 is 5.32 Å². The maximum Gasteiger partial charge on any atom is 0.124 e. The lowest BCUT2D eigenvalue weighted by atomic mass is 9.97. The zero-order valence-corrected chi connectivity index (χ0v) is 20.5. The molecule has 0 spiro atoms. The molecule has 1 atom stereocenters. The predicted molar refractivity (Wildman–Crippen MR) is 139 cm³/mol. The number of hydrogen-bond acceptors (Lipinski definition) is 6. The van der Waals surface area contributed by atoms with Crippen LogP contribution in [0.25, 0.3) is 0 Å². The third kappa shape index (κ3) is 9.36. The van der Waals surface area contributed by atoms with Crippen LogP contribution in [0.1, 0.15) is 56.7 Å². The fourth-order valence-corrected chi connectivity index (χ4v) is 3.45. The summed E-state index contributed by atoms with van der Waals surface area (Å²) in [4.78, 5) is 11.3. The Kier molecular flexibility index (Phi) is 11.6. The highest BCUT2D eigenvalue weighted by molar-refractivity contribution is 5.84. The van der Waals surface area contributed by atoms with Crippen molar-refractivity contribution in [3.8, 4) is 11.5 Å². The largest absolute Gasteiger partial charge is 0.507 e. The molecule has 0 fully saturated rings. The second-order valence-electron chi connectivity index (χ2n) is 8.64. The van der Waals surface area contributed by atoms with E-state index in [-0.39, 0.29) is 11.5 Å². The monoisotopic (exact) mass is 452 g/mol. The van der Waals surface area contributed by atoms with E-state index in [0.717, 1.165) is 43.7 Å². The van der Waals surface area contributed by atoms with Crippen molar-refractivity contribution in [2.45, 2.75) is 46.1 Å². The summed E-state index contributed by atoms with van der Waals surface area (Å²) in [5.74, 6) is 1.00. The number of nitrogens with zero attached hydrogens (tertiary/aromatic N) is 3. The first-order chi connectivity index (χ1) is 15.9. The van der Waals surface area contributed by atoms with Crippen LogP contribution in [-0.2, 0) is 0 Å². The fourth-order valence-electron chi connectivity index (χ4n) is 3.45. The molecule has 0 aliphatic heterocycles. The zero-order valence-electron chi connectivity index (χ0n) is 20.5. The van der Waals surface area contributed by atoms with Crippen LogP contribution in [0, 0.1) is 0 Å². The molecule has 3 N–H and O–H groups in total. The molecule has 0 bridgehead atoms. The maximum atomic E-state index is 10.1. The van der Waals surface area contributed by atoms with Crippen LogP contribution >= 0.6 is 0 Å². The van der Waals surface area contributed by atoms with E-state index in [4.69, 9.17) is 0 Å². The van der Waals surface area contributed by atoms with Gasteiger partial charge in [-0.2, -0.15) is 0 Å². The molecule has 33 heavy (non-hydrogen) atoms. The van der Waals surface area contributed by atoms with E-state index < -0.39 is 0 Å². The summed E-state index contributed by atoms with van der Waals surface area (Å²) in [7, 11) is 0. The van der Waals surface area contributed by atoms with Crippen molar-refractivity contribution >= 4 is 12.4 Å². The summed E-state index contributed by atoms with van der Waals surface area (Å²) in [6.45, 7) is 13.6. The molecule has 180 valence electrons. The standard InChI is InChI=1S/C27H40N4O2/c1-5-22(4)23-10-11-27(33)25(18-23)20-30-15-17-31(21(2)3)16-14-28-12-13-29-19-24-8-6-7-9-26(24)32/h6-11,18-22,28,32-33H,5,12-17H2,1-4H3/b29-19-,30-20-. The van der Waals surface area contributed by atoms with Crippen molar-refractivity contribution in [2.24, 2.45) is 9.98 Å². The van der Waals surface area contributed by atoms with Gasteiger partial charge >= 0.3 is 0 Å². The molecule has 1 unspecified atom stereocenters. The van der Waals surface area contributed by atoms with Gasteiger partial charge in [0.15, 0.2) is 0 Å². The van der Waals surface area contributed by atoms with Gasteiger partial charge in [-0.1, -0.05) is 32.0 Å². The Morgan fingerprint density at radius 1 is 0.879 bits per heavy atom. The van der Waals surface area contributed by atoms with E-state index in [9.17, 15) is 10.2 Å². The van der Waals surface area contributed by atoms with E-state index in [0.29, 0.717) is 25.0 Å². The third-order valence-electron chi connectivity index (χ3n) is 5.87. The van der Waals surface area contributed by atoms with E-state index in [1.165, 1.54) is 5.56 Å². The van der Waals surface area contributed by atoms with Gasteiger partial charge in [-0.3, -0.25) is 14.9 Å². The average Bonchev–Trinajstić information content (AvgIpc) is 2.81. The summed E-state index contributed by atoms with van der Waals surface area (Å²) >= 11 is 0. The Bertz CT molecular complexity index is 895. The minimum absolute atomic E-state index is 0.253. The number of rotatable bonds is 14. The van der Waals surface area contributed by atoms with Gasteiger partial charge in [-0.15, -0.1) is 0 Å². The lowest BCUT2D eigenvalue weighted by Gasteiger charge is -2.25. The molecule has 6 heteroatoms. The minimum atomic E-state index is 0.253. The van der Waals surface area contributed by atoms with Crippen molar-refractivity contribution in [3.05, 3.63) is 59.2 Å². The highest BCUT2D eigenvalue weighted by Crippen LogP contribution is 2.24. The van der Waals surface area contributed by atoms with E-state index in [1.54, 1.807) is 30.6 Å². The maximum absolute atomic E-state index is 10.1. The van der Waals surface area contributed by atoms with Crippen LogP contribution in [-0.4, -0.2) is 72.9 Å². The van der Waals surface area contributed by atoms with Crippen LogP contribution in [0.15, 0.2) is 52.4 Å². The summed E-state index contributed by atoms with van der Waals surface area (Å²) in [6, 6.07) is 13.4. The van der Waals surface area contributed by atoms with Gasteiger partial charge in [0.1, 0.15) is 11.5 Å². The molecule has 0 saturated carbocycles. The van der Waals surface area contributed by atoms with Crippen LogP contribution in [0.3, 0.4) is 0 Å². The molecule has 2 rings (SSSR count). The molecule has 0 saturated heterocycles. The highest BCUT2D eigenvalue weighted by Gasteiger charge is 2.09. The van der Waals surface area contributed by atoms with Crippen molar-refractivity contribution < 1.29 is 10.2 Å². The van der Waals surface area contributed by atoms with Crippen LogP contribution in [0.4, 0.5) is 0 Å². The molecule has 0 aliphatic rings. The zero-order chi connectivity index (χ0) is 24.1. The summed E-state index contributed by atoms with van der Waals surface area (Å²) in [5, 5.41) is 23.3. The van der Waals surface area contributed by atoms with Crippen molar-refractivity contribution in [1.29, 1.82) is 0 Å². The Morgan fingerprint density at radius 3 is 2.30 bits per heavy atom. The van der Waals surface area contributed by atoms with Crippen molar-refractivity contribution in [1.82, 2.24) is 10.2 Å². The highest BCUT2D eigenvalue weighted by atomic mass is 16.3. The van der Waals surface area contributed by atoms with Gasteiger partial charge < -0.3 is 15.5 Å². The minimum Gasteiger partial charge on any atom is -0.507 e. The number of phenols is 2. The van der Waals surface area contributed by atoms with Gasteiger partial charge in [0, 0.05) is 55.8 Å². The first-order valence-electron chi connectivity index (χ1n) is 12.0. The SMILES string of the molecule is CCC(C)c1ccc(O)c(/C=N\CCN(CCNCC/N=C\c2ccccc2O)C(C)C)c1. The normalized spacial score (nSPS) is 13.0. The predicted octanol–water partition coefficient (Wildman–Crippen LogP) is 4.45. The summed E-state index contributed by atoms with van der Waals surface area (Å²) in [6.07, 6.45) is 4.58. The first-order valence-corrected chi connectivity index (χ1v) is 12.0. The summed E-state index contributed by atoms with van der Waals surface area (Å²) in [5.41, 5.74) is 2.76. The third-order valence-corrected chi connectivity index (χ3v) is 5.87. The van der Waals surface area contributed by atoms with Crippen molar-refractivity contribution in [2.75, 3.05) is 39.3 Å². The smallest absolute Gasteiger partial charge is 0.124 e. The Balaban J connectivity index is 1.71. The number of para-hydroxylation sites is 1. The lowest BCUT2D eigenvalue weighted by molar-refractivity contribution is 0.229.